The zero-order valence-electron chi connectivity index (χ0n) is 39.0. The van der Waals surface area contributed by atoms with Crippen molar-refractivity contribution >= 4 is 19.8 Å². The minimum atomic E-state index is -4.63. The first-order valence-corrected chi connectivity index (χ1v) is 25.7. The van der Waals surface area contributed by atoms with Crippen LogP contribution in [0.2, 0.25) is 0 Å². The van der Waals surface area contributed by atoms with Crippen molar-refractivity contribution in [3.63, 3.8) is 0 Å². The molecule has 0 N–H and O–H groups in total. The van der Waals surface area contributed by atoms with Crippen LogP contribution < -0.4 is 4.89 Å². The number of rotatable bonds is 44. The van der Waals surface area contributed by atoms with Gasteiger partial charge in [0.05, 0.1) is 27.7 Å². The lowest BCUT2D eigenvalue weighted by Gasteiger charge is -2.28. The van der Waals surface area contributed by atoms with E-state index in [2.05, 4.69) is 50.3 Å². The van der Waals surface area contributed by atoms with E-state index in [1.54, 1.807) is 0 Å². The maximum absolute atomic E-state index is 12.7. The molecule has 0 aromatic heterocycles. The number of ether oxygens (including phenoxy) is 2. The van der Waals surface area contributed by atoms with Gasteiger partial charge in [-0.2, -0.15) is 0 Å². The second-order valence-corrected chi connectivity index (χ2v) is 18.9. The second kappa shape index (κ2) is 41.6. The van der Waals surface area contributed by atoms with Gasteiger partial charge in [-0.3, -0.25) is 14.2 Å². The number of nitrogens with zero attached hydrogens (tertiary/aromatic N) is 1. The number of phosphoric acid groups is 1. The molecule has 0 aromatic rings. The summed E-state index contributed by atoms with van der Waals surface area (Å²) in [6.07, 6.45) is 47.4. The third-order valence-electron chi connectivity index (χ3n) is 10.4. The van der Waals surface area contributed by atoms with E-state index >= 15 is 0 Å². The molecule has 0 aliphatic rings. The van der Waals surface area contributed by atoms with Crippen LogP contribution >= 0.6 is 7.82 Å². The van der Waals surface area contributed by atoms with E-state index in [4.69, 9.17) is 18.5 Å². The number of esters is 2. The molecule has 0 aromatic carbocycles. The van der Waals surface area contributed by atoms with Crippen molar-refractivity contribution < 1.29 is 42.1 Å². The molecule has 0 amide bonds. The first-order valence-electron chi connectivity index (χ1n) is 24.2. The first-order chi connectivity index (χ1) is 28.5. The zero-order chi connectivity index (χ0) is 43.6. The van der Waals surface area contributed by atoms with Gasteiger partial charge in [-0.1, -0.05) is 166 Å². The number of carbonyl (C=O) groups excluding carboxylic acids is 2. The largest absolute Gasteiger partial charge is 0.756 e. The van der Waals surface area contributed by atoms with Gasteiger partial charge in [0, 0.05) is 12.8 Å². The Balaban J connectivity index is 4.29. The Kier molecular flexibility index (Phi) is 40.3. The van der Waals surface area contributed by atoms with Gasteiger partial charge in [0.1, 0.15) is 19.8 Å². The molecular formula is C49H92NO8P. The summed E-state index contributed by atoms with van der Waals surface area (Å²) in [5, 5.41) is 0. The summed E-state index contributed by atoms with van der Waals surface area (Å²) in [6.45, 7) is 4.21. The monoisotopic (exact) mass is 854 g/mol. The maximum atomic E-state index is 12.7. The predicted octanol–water partition coefficient (Wildman–Crippen LogP) is 13.5. The third-order valence-corrected chi connectivity index (χ3v) is 11.3. The summed E-state index contributed by atoms with van der Waals surface area (Å²) < 4.78 is 34.0. The van der Waals surface area contributed by atoms with Crippen LogP contribution in [0.4, 0.5) is 0 Å². The summed E-state index contributed by atoms with van der Waals surface area (Å²) in [5.41, 5.74) is 0. The van der Waals surface area contributed by atoms with Crippen LogP contribution in [0.1, 0.15) is 213 Å². The first kappa shape index (κ1) is 57.2. The molecule has 0 saturated carbocycles. The summed E-state index contributed by atoms with van der Waals surface area (Å²) >= 11 is 0. The highest BCUT2D eigenvalue weighted by Gasteiger charge is 2.21. The van der Waals surface area contributed by atoms with Crippen molar-refractivity contribution in [3.8, 4) is 0 Å². The van der Waals surface area contributed by atoms with Crippen molar-refractivity contribution in [2.75, 3.05) is 47.5 Å². The Morgan fingerprint density at radius 1 is 0.525 bits per heavy atom. The minimum absolute atomic E-state index is 0.0329. The molecule has 346 valence electrons. The van der Waals surface area contributed by atoms with E-state index < -0.39 is 32.5 Å². The molecule has 0 rings (SSSR count). The van der Waals surface area contributed by atoms with Crippen molar-refractivity contribution in [1.29, 1.82) is 0 Å². The van der Waals surface area contributed by atoms with Crippen molar-refractivity contribution in [1.82, 2.24) is 0 Å². The number of phosphoric ester groups is 1. The highest BCUT2D eigenvalue weighted by molar-refractivity contribution is 7.45. The molecule has 2 unspecified atom stereocenters. The molecule has 0 fully saturated rings. The summed E-state index contributed by atoms with van der Waals surface area (Å²) in [5.74, 6) is -0.845. The quantitative estimate of drug-likeness (QED) is 0.0196. The summed E-state index contributed by atoms with van der Waals surface area (Å²) in [6, 6.07) is 0. The lowest BCUT2D eigenvalue weighted by Crippen LogP contribution is -2.37. The molecule has 0 bridgehead atoms. The molecule has 0 radical (unpaired) electrons. The number of unbranched alkanes of at least 4 members (excludes halogenated alkanes) is 24. The van der Waals surface area contributed by atoms with Crippen LogP contribution in [0.25, 0.3) is 0 Å². The van der Waals surface area contributed by atoms with Crippen LogP contribution in [0.5, 0.6) is 0 Å². The molecule has 2 atom stereocenters. The molecule has 0 spiro atoms. The van der Waals surface area contributed by atoms with Crippen LogP contribution in [0.3, 0.4) is 0 Å². The summed E-state index contributed by atoms with van der Waals surface area (Å²) in [4.78, 5) is 37.6. The Hall–Kier alpha value is -1.77. The van der Waals surface area contributed by atoms with Crippen molar-refractivity contribution in [2.24, 2.45) is 0 Å². The lowest BCUT2D eigenvalue weighted by atomic mass is 10.1. The fraction of sp³-hybridized carbons (Fsp3) is 0.837. The maximum Gasteiger partial charge on any atom is 0.306 e. The highest BCUT2D eigenvalue weighted by atomic mass is 31.2. The molecular weight excluding hydrogens is 762 g/mol. The topological polar surface area (TPSA) is 111 Å². The third kappa shape index (κ3) is 45.6. The molecule has 9 nitrogen and oxygen atoms in total. The SMILES string of the molecule is CCCCCCC/C=C\C/C=C\CCCCCCCCCCCC(=O)OC(COC(=O)CCCCCCC/C=C\CCCCCCC)COP(=O)([O-])OCC[N+](C)(C)C. The van der Waals surface area contributed by atoms with Gasteiger partial charge in [0.15, 0.2) is 6.10 Å². The number of allylic oxidation sites excluding steroid dienone is 6. The van der Waals surface area contributed by atoms with Crippen LogP contribution in [0, 0.1) is 0 Å². The normalized spacial score (nSPS) is 13.8. The Morgan fingerprint density at radius 3 is 1.36 bits per heavy atom. The second-order valence-electron chi connectivity index (χ2n) is 17.5. The van der Waals surface area contributed by atoms with Crippen molar-refractivity contribution in [3.05, 3.63) is 36.5 Å². The molecule has 0 aliphatic heterocycles. The van der Waals surface area contributed by atoms with Gasteiger partial charge in [-0.05, 0) is 70.6 Å². The Labute approximate surface area is 363 Å². The van der Waals surface area contributed by atoms with E-state index in [1.807, 2.05) is 21.1 Å². The predicted molar refractivity (Wildman–Crippen MR) is 245 cm³/mol. The average Bonchev–Trinajstić information content (AvgIpc) is 3.19. The number of hydrogen-bond donors (Lipinski definition) is 0. The standard InChI is InChI=1S/C49H92NO8P/c1-6-8-10-12-14-16-18-20-22-23-24-25-26-27-28-30-32-34-36-38-40-42-49(52)58-47(46-57-59(53,54)56-44-43-50(3,4)5)45-55-48(51)41-39-37-35-33-31-29-21-19-17-15-13-11-9-7-2/h18-21,23-24,47H,6-17,22,25-46H2,1-5H3/b20-18-,21-19-,24-23-. The van der Waals surface area contributed by atoms with E-state index in [0.717, 1.165) is 70.6 Å². The fourth-order valence-electron chi connectivity index (χ4n) is 6.56. The summed E-state index contributed by atoms with van der Waals surface area (Å²) in [7, 11) is 1.16. The van der Waals surface area contributed by atoms with Gasteiger partial charge in [0.2, 0.25) is 0 Å². The molecule has 0 saturated heterocycles. The fourth-order valence-corrected chi connectivity index (χ4v) is 7.29. The smallest absolute Gasteiger partial charge is 0.306 e. The van der Waals surface area contributed by atoms with Crippen molar-refractivity contribution in [2.45, 2.75) is 219 Å². The number of likely N-dealkylation sites (N-methyl/N-ethyl adjacent to an activating group) is 1. The van der Waals surface area contributed by atoms with Gasteiger partial charge in [-0.15, -0.1) is 0 Å². The van der Waals surface area contributed by atoms with E-state index in [1.165, 1.54) is 109 Å². The molecule has 0 heterocycles. The number of hydrogen-bond acceptors (Lipinski definition) is 8. The Bertz CT molecular complexity index is 1100. The number of carbonyl (C=O) groups is 2. The van der Waals surface area contributed by atoms with Crippen LogP contribution in [0.15, 0.2) is 36.5 Å². The van der Waals surface area contributed by atoms with E-state index in [0.29, 0.717) is 17.4 Å². The average molecular weight is 854 g/mol. The van der Waals surface area contributed by atoms with E-state index in [-0.39, 0.29) is 26.1 Å². The lowest BCUT2D eigenvalue weighted by molar-refractivity contribution is -0.870. The Morgan fingerprint density at radius 2 is 0.915 bits per heavy atom. The van der Waals surface area contributed by atoms with Gasteiger partial charge in [-0.25, -0.2) is 0 Å². The molecule has 59 heavy (non-hydrogen) atoms. The van der Waals surface area contributed by atoms with Gasteiger partial charge >= 0.3 is 11.9 Å². The minimum Gasteiger partial charge on any atom is -0.756 e. The number of quaternary nitrogens is 1. The van der Waals surface area contributed by atoms with E-state index in [9.17, 15) is 19.0 Å². The van der Waals surface area contributed by atoms with Crippen LogP contribution in [-0.2, 0) is 32.7 Å². The molecule has 0 aliphatic carbocycles. The molecule has 10 heteroatoms. The van der Waals surface area contributed by atoms with Crippen LogP contribution in [-0.4, -0.2) is 70.0 Å². The zero-order valence-corrected chi connectivity index (χ0v) is 39.8. The van der Waals surface area contributed by atoms with Gasteiger partial charge in [0.25, 0.3) is 7.82 Å². The highest BCUT2D eigenvalue weighted by Crippen LogP contribution is 2.38. The van der Waals surface area contributed by atoms with Gasteiger partial charge < -0.3 is 27.9 Å².